The smallest absolute Gasteiger partial charge is 0.145 e. The molecule has 2 aromatic carbocycles. The number of hydrogen-bond donors (Lipinski definition) is 0. The van der Waals surface area contributed by atoms with E-state index in [4.69, 9.17) is 4.84 Å². The average molecular weight is 391 g/mol. The first-order chi connectivity index (χ1) is 14.2. The summed E-state index contributed by atoms with van der Waals surface area (Å²) in [5.41, 5.74) is 2.72. The van der Waals surface area contributed by atoms with E-state index in [0.717, 1.165) is 17.2 Å². The van der Waals surface area contributed by atoms with E-state index in [1.54, 1.807) is 12.5 Å². The van der Waals surface area contributed by atoms with Crippen LogP contribution in [0.4, 0.5) is 8.78 Å². The lowest BCUT2D eigenvalue weighted by Gasteiger charge is -2.09. The van der Waals surface area contributed by atoms with Gasteiger partial charge in [0.15, 0.2) is 0 Å². The third-order valence-corrected chi connectivity index (χ3v) is 4.52. The van der Waals surface area contributed by atoms with Gasteiger partial charge in [0, 0.05) is 41.1 Å². The van der Waals surface area contributed by atoms with Crippen molar-refractivity contribution in [2.24, 2.45) is 11.1 Å². The quantitative estimate of drug-likeness (QED) is 0.351. The molecule has 1 aliphatic carbocycles. The number of hydrogen-bond acceptors (Lipinski definition) is 3. The summed E-state index contributed by atoms with van der Waals surface area (Å²) in [5.74, 6) is 5.69. The lowest BCUT2D eigenvalue weighted by atomic mass is 10.1. The third kappa shape index (κ3) is 5.29. The van der Waals surface area contributed by atoms with Crippen LogP contribution in [0.2, 0.25) is 0 Å². The molecule has 4 nitrogen and oxygen atoms in total. The Bertz CT molecular complexity index is 1060. The van der Waals surface area contributed by atoms with Gasteiger partial charge in [0.05, 0.1) is 12.9 Å². The number of benzene rings is 2. The van der Waals surface area contributed by atoms with Crippen LogP contribution in [0.15, 0.2) is 66.3 Å². The van der Waals surface area contributed by atoms with Gasteiger partial charge in [-0.3, -0.25) is 0 Å². The predicted octanol–water partition coefficient (Wildman–Crippen LogP) is 4.54. The minimum absolute atomic E-state index is 0.0928. The maximum Gasteiger partial charge on any atom is 0.145 e. The number of rotatable bonds is 6. The standard InChI is InChI=1S/C23H19F2N3O/c24-21-10-9-20(22(25)13-21)15-29-27-23(14-28-12-11-26-16-28)19-7-5-18(6-8-19)4-3-17-1-2-17/h5-13,16-17H,1-2,14-15H2/b27-23+. The molecule has 3 aromatic rings. The zero-order chi connectivity index (χ0) is 20.1. The number of nitrogens with zero attached hydrogens (tertiary/aromatic N) is 3. The van der Waals surface area contributed by atoms with Crippen LogP contribution in [-0.2, 0) is 18.0 Å². The highest BCUT2D eigenvalue weighted by Crippen LogP contribution is 2.27. The topological polar surface area (TPSA) is 39.4 Å². The number of halogens is 2. The zero-order valence-electron chi connectivity index (χ0n) is 15.7. The van der Waals surface area contributed by atoms with Crippen molar-refractivity contribution in [3.05, 3.63) is 89.5 Å². The first-order valence-electron chi connectivity index (χ1n) is 9.38. The molecule has 6 heteroatoms. The molecule has 1 aliphatic rings. The Morgan fingerprint density at radius 2 is 2.00 bits per heavy atom. The number of imidazole rings is 1. The van der Waals surface area contributed by atoms with E-state index in [2.05, 4.69) is 22.0 Å². The highest BCUT2D eigenvalue weighted by atomic mass is 19.1. The minimum atomic E-state index is -0.657. The molecule has 1 heterocycles. The molecule has 0 bridgehead atoms. The molecule has 1 fully saturated rings. The highest BCUT2D eigenvalue weighted by Gasteiger charge is 2.17. The first-order valence-corrected chi connectivity index (χ1v) is 9.38. The lowest BCUT2D eigenvalue weighted by Crippen LogP contribution is -2.11. The first kappa shape index (κ1) is 18.9. The van der Waals surface area contributed by atoms with Gasteiger partial charge in [-0.15, -0.1) is 0 Å². The molecule has 29 heavy (non-hydrogen) atoms. The van der Waals surface area contributed by atoms with Gasteiger partial charge in [-0.05, 0) is 37.1 Å². The molecule has 0 aliphatic heterocycles. The van der Waals surface area contributed by atoms with Crippen molar-refractivity contribution in [2.75, 3.05) is 0 Å². The molecule has 0 N–H and O–H groups in total. The molecule has 0 atom stereocenters. The van der Waals surface area contributed by atoms with Gasteiger partial charge >= 0.3 is 0 Å². The minimum Gasteiger partial charge on any atom is -0.391 e. The van der Waals surface area contributed by atoms with Crippen molar-refractivity contribution in [3.8, 4) is 11.8 Å². The summed E-state index contributed by atoms with van der Waals surface area (Å²) in [4.78, 5) is 9.43. The predicted molar refractivity (Wildman–Crippen MR) is 106 cm³/mol. The second-order valence-corrected chi connectivity index (χ2v) is 6.90. The van der Waals surface area contributed by atoms with E-state index in [0.29, 0.717) is 18.2 Å². The van der Waals surface area contributed by atoms with Gasteiger partial charge in [0.25, 0.3) is 0 Å². The van der Waals surface area contributed by atoms with Gasteiger partial charge in [0.2, 0.25) is 0 Å². The van der Waals surface area contributed by atoms with Gasteiger partial charge < -0.3 is 9.40 Å². The van der Waals surface area contributed by atoms with Crippen LogP contribution in [-0.4, -0.2) is 15.3 Å². The third-order valence-electron chi connectivity index (χ3n) is 4.52. The monoisotopic (exact) mass is 391 g/mol. The summed E-state index contributed by atoms with van der Waals surface area (Å²) in [6, 6.07) is 11.2. The SMILES string of the molecule is Fc1ccc(CO/N=C(\Cn2ccnc2)c2ccc(C#CC3CC3)cc2)c(F)c1. The molecule has 1 aromatic heterocycles. The second kappa shape index (κ2) is 8.70. The zero-order valence-corrected chi connectivity index (χ0v) is 15.7. The number of aromatic nitrogens is 2. The van der Waals surface area contributed by atoms with Crippen LogP contribution < -0.4 is 0 Å². The Kier molecular flexibility index (Phi) is 5.66. The van der Waals surface area contributed by atoms with Crippen LogP contribution in [0.1, 0.15) is 29.5 Å². The summed E-state index contributed by atoms with van der Waals surface area (Å²) in [5, 5.41) is 4.21. The van der Waals surface area contributed by atoms with Gasteiger partial charge in [-0.25, -0.2) is 13.8 Å². The van der Waals surface area contributed by atoms with E-state index < -0.39 is 11.6 Å². The summed E-state index contributed by atoms with van der Waals surface area (Å²) in [6.45, 7) is 0.351. The molecule has 1 saturated carbocycles. The Labute approximate surface area is 167 Å². The van der Waals surface area contributed by atoms with E-state index in [-0.39, 0.29) is 12.2 Å². The summed E-state index contributed by atoms with van der Waals surface area (Å²) >= 11 is 0. The molecule has 0 amide bonds. The maximum atomic E-state index is 13.8. The molecule has 4 rings (SSSR count). The van der Waals surface area contributed by atoms with Crippen molar-refractivity contribution in [3.63, 3.8) is 0 Å². The van der Waals surface area contributed by atoms with Gasteiger partial charge in [-0.1, -0.05) is 29.1 Å². The molecular formula is C23H19F2N3O. The van der Waals surface area contributed by atoms with Crippen LogP contribution in [0.3, 0.4) is 0 Å². The number of oxime groups is 1. The molecule has 0 radical (unpaired) electrons. The second-order valence-electron chi connectivity index (χ2n) is 6.90. The lowest BCUT2D eigenvalue weighted by molar-refractivity contribution is 0.127. The van der Waals surface area contributed by atoms with E-state index in [1.165, 1.54) is 25.0 Å². The molecule has 0 saturated heterocycles. The highest BCUT2D eigenvalue weighted by molar-refractivity contribution is 6.00. The van der Waals surface area contributed by atoms with Crippen molar-refractivity contribution in [1.29, 1.82) is 0 Å². The maximum absolute atomic E-state index is 13.8. The van der Waals surface area contributed by atoms with E-state index in [9.17, 15) is 8.78 Å². The fourth-order valence-electron chi connectivity index (χ4n) is 2.70. The Balaban J connectivity index is 1.51. The van der Waals surface area contributed by atoms with E-state index in [1.807, 2.05) is 35.0 Å². The fraction of sp³-hybridized carbons (Fsp3) is 0.217. The van der Waals surface area contributed by atoms with Crippen molar-refractivity contribution in [2.45, 2.75) is 26.0 Å². The van der Waals surface area contributed by atoms with Crippen molar-refractivity contribution in [1.82, 2.24) is 9.55 Å². The van der Waals surface area contributed by atoms with Crippen LogP contribution in [0.5, 0.6) is 0 Å². The average Bonchev–Trinajstić information content (AvgIpc) is 3.41. The van der Waals surface area contributed by atoms with Crippen LogP contribution in [0, 0.1) is 29.4 Å². The van der Waals surface area contributed by atoms with Gasteiger partial charge in [-0.2, -0.15) is 0 Å². The van der Waals surface area contributed by atoms with Crippen LogP contribution >= 0.6 is 0 Å². The normalized spacial score (nSPS) is 13.7. The largest absolute Gasteiger partial charge is 0.391 e. The Morgan fingerprint density at radius 1 is 1.17 bits per heavy atom. The van der Waals surface area contributed by atoms with Crippen molar-refractivity contribution >= 4 is 5.71 Å². The van der Waals surface area contributed by atoms with Crippen LogP contribution in [0.25, 0.3) is 0 Å². The Hall–Kier alpha value is -3.46. The molecular weight excluding hydrogens is 372 g/mol. The van der Waals surface area contributed by atoms with E-state index >= 15 is 0 Å². The summed E-state index contributed by atoms with van der Waals surface area (Å²) < 4.78 is 28.7. The fourth-order valence-corrected chi connectivity index (χ4v) is 2.70. The van der Waals surface area contributed by atoms with Crippen molar-refractivity contribution < 1.29 is 13.6 Å². The molecule has 0 unspecified atom stereocenters. The molecule has 0 spiro atoms. The summed E-state index contributed by atoms with van der Waals surface area (Å²) in [6.07, 6.45) is 7.58. The Morgan fingerprint density at radius 3 is 2.69 bits per heavy atom. The summed E-state index contributed by atoms with van der Waals surface area (Å²) in [7, 11) is 0. The van der Waals surface area contributed by atoms with Gasteiger partial charge in [0.1, 0.15) is 24.0 Å². The molecule has 146 valence electrons.